The van der Waals surface area contributed by atoms with Crippen LogP contribution in [0.5, 0.6) is 0 Å². The fourth-order valence-electron chi connectivity index (χ4n) is 2.10. The van der Waals surface area contributed by atoms with Crippen LogP contribution in [0.3, 0.4) is 0 Å². The van der Waals surface area contributed by atoms with E-state index in [1.807, 2.05) is 30.3 Å². The Hall–Kier alpha value is -2.86. The lowest BCUT2D eigenvalue weighted by atomic mass is 10.1. The van der Waals surface area contributed by atoms with Gasteiger partial charge in [0.05, 0.1) is 12.2 Å². The highest BCUT2D eigenvalue weighted by molar-refractivity contribution is 6.00. The average Bonchev–Trinajstić information content (AvgIpc) is 2.60. The Kier molecular flexibility index (Phi) is 6.33. The molecule has 0 fully saturated rings. The van der Waals surface area contributed by atoms with Crippen LogP contribution < -0.4 is 11.1 Å². The highest BCUT2D eigenvalue weighted by Crippen LogP contribution is 2.11. The average molecular weight is 328 g/mol. The van der Waals surface area contributed by atoms with Gasteiger partial charge in [-0.25, -0.2) is 4.79 Å². The number of amides is 1. The quantitative estimate of drug-likeness (QED) is 0.597. The Balaban J connectivity index is 1.99. The summed E-state index contributed by atoms with van der Waals surface area (Å²) in [4.78, 5) is 24.5. The fraction of sp³-hybridized carbons (Fsp3) is 0.222. The molecule has 1 atom stereocenters. The van der Waals surface area contributed by atoms with E-state index in [1.165, 1.54) is 7.11 Å². The number of ether oxygens (including phenoxy) is 2. The van der Waals surface area contributed by atoms with E-state index < -0.39 is 17.9 Å². The van der Waals surface area contributed by atoms with Crippen LogP contribution in [-0.4, -0.2) is 31.6 Å². The van der Waals surface area contributed by atoms with Crippen molar-refractivity contribution in [3.8, 4) is 0 Å². The van der Waals surface area contributed by atoms with Crippen molar-refractivity contribution in [1.29, 1.82) is 0 Å². The summed E-state index contributed by atoms with van der Waals surface area (Å²) in [5.74, 6) is -1.02. The number of methoxy groups -OCH3 is 1. The van der Waals surface area contributed by atoms with Gasteiger partial charge in [-0.3, -0.25) is 4.79 Å². The van der Waals surface area contributed by atoms with E-state index in [9.17, 15) is 9.59 Å². The number of anilines is 1. The third kappa shape index (κ3) is 4.82. The Morgan fingerprint density at radius 3 is 2.42 bits per heavy atom. The summed E-state index contributed by atoms with van der Waals surface area (Å²) in [5.41, 5.74) is 7.27. The Morgan fingerprint density at radius 2 is 1.75 bits per heavy atom. The van der Waals surface area contributed by atoms with Crippen molar-refractivity contribution in [2.24, 2.45) is 0 Å². The van der Waals surface area contributed by atoms with E-state index in [1.54, 1.807) is 24.3 Å². The zero-order valence-electron chi connectivity index (χ0n) is 13.4. The number of carbonyl (C=O) groups is 2. The fourth-order valence-corrected chi connectivity index (χ4v) is 2.10. The molecule has 2 rings (SSSR count). The molecule has 0 aromatic heterocycles. The van der Waals surface area contributed by atoms with E-state index in [0.717, 1.165) is 5.56 Å². The van der Waals surface area contributed by atoms with E-state index in [4.69, 9.17) is 15.2 Å². The van der Waals surface area contributed by atoms with Crippen molar-refractivity contribution in [2.75, 3.05) is 19.5 Å². The van der Waals surface area contributed by atoms with Crippen molar-refractivity contribution in [2.45, 2.75) is 12.6 Å². The van der Waals surface area contributed by atoms with Crippen LogP contribution in [0.4, 0.5) is 5.69 Å². The molecule has 6 nitrogen and oxygen atoms in total. The maximum absolute atomic E-state index is 12.3. The molecule has 0 saturated heterocycles. The van der Waals surface area contributed by atoms with Crippen molar-refractivity contribution < 1.29 is 19.1 Å². The van der Waals surface area contributed by atoms with Gasteiger partial charge in [0.1, 0.15) is 6.61 Å². The van der Waals surface area contributed by atoms with Crippen LogP contribution in [0.2, 0.25) is 0 Å². The minimum absolute atomic E-state index is 0.00605. The third-order valence-corrected chi connectivity index (χ3v) is 3.35. The molecule has 126 valence electrons. The van der Waals surface area contributed by atoms with Crippen molar-refractivity contribution in [1.82, 2.24) is 5.32 Å². The number of nitrogens with one attached hydrogen (secondary N) is 1. The second kappa shape index (κ2) is 8.69. The molecule has 2 aromatic carbocycles. The molecule has 1 amide bonds. The van der Waals surface area contributed by atoms with Crippen molar-refractivity contribution in [3.63, 3.8) is 0 Å². The molecule has 0 heterocycles. The number of hydrogen-bond acceptors (Lipinski definition) is 5. The number of esters is 1. The number of benzene rings is 2. The molecule has 0 radical (unpaired) electrons. The molecular formula is C18H20N2O4. The lowest BCUT2D eigenvalue weighted by molar-refractivity contribution is -0.148. The number of nitrogen functional groups attached to an aromatic ring is 1. The van der Waals surface area contributed by atoms with E-state index in [-0.39, 0.29) is 13.2 Å². The highest BCUT2D eigenvalue weighted by Gasteiger charge is 2.23. The van der Waals surface area contributed by atoms with E-state index >= 15 is 0 Å². The van der Waals surface area contributed by atoms with Crippen molar-refractivity contribution in [3.05, 3.63) is 65.7 Å². The van der Waals surface area contributed by atoms with Crippen LogP contribution in [0.15, 0.2) is 54.6 Å². The molecule has 0 aliphatic rings. The number of rotatable bonds is 7. The van der Waals surface area contributed by atoms with Gasteiger partial charge in [-0.2, -0.15) is 0 Å². The number of para-hydroxylation sites is 1. The van der Waals surface area contributed by atoms with Crippen LogP contribution in [0.1, 0.15) is 15.9 Å². The van der Waals surface area contributed by atoms with Crippen LogP contribution in [0, 0.1) is 0 Å². The van der Waals surface area contributed by atoms with Crippen LogP contribution in [0.25, 0.3) is 0 Å². The van der Waals surface area contributed by atoms with Gasteiger partial charge < -0.3 is 20.5 Å². The number of nitrogens with two attached hydrogens (primary N) is 1. The predicted molar refractivity (Wildman–Crippen MR) is 90.2 cm³/mol. The first-order chi connectivity index (χ1) is 11.6. The Labute approximate surface area is 140 Å². The topological polar surface area (TPSA) is 90.6 Å². The van der Waals surface area contributed by atoms with E-state index in [2.05, 4.69) is 5.32 Å². The van der Waals surface area contributed by atoms with Gasteiger partial charge >= 0.3 is 5.97 Å². The molecule has 0 unspecified atom stereocenters. The first kappa shape index (κ1) is 17.5. The summed E-state index contributed by atoms with van der Waals surface area (Å²) < 4.78 is 10.2. The van der Waals surface area contributed by atoms with Gasteiger partial charge in [-0.05, 0) is 17.7 Å². The largest absolute Gasteiger partial charge is 0.459 e. The monoisotopic (exact) mass is 328 g/mol. The lowest BCUT2D eigenvalue weighted by Gasteiger charge is -2.17. The maximum atomic E-state index is 12.3. The maximum Gasteiger partial charge on any atom is 0.331 e. The summed E-state index contributed by atoms with van der Waals surface area (Å²) in [6.45, 7) is 0.134. The zero-order valence-corrected chi connectivity index (χ0v) is 13.4. The van der Waals surface area contributed by atoms with Gasteiger partial charge in [0.2, 0.25) is 0 Å². The molecular weight excluding hydrogens is 308 g/mol. The second-order valence-electron chi connectivity index (χ2n) is 5.16. The summed E-state index contributed by atoms with van der Waals surface area (Å²) >= 11 is 0. The second-order valence-corrected chi connectivity index (χ2v) is 5.16. The SMILES string of the molecule is COC[C@@H](NC(=O)c1ccccc1N)C(=O)OCc1ccccc1. The molecule has 0 bridgehead atoms. The normalized spacial score (nSPS) is 11.5. The van der Waals surface area contributed by atoms with Crippen molar-refractivity contribution >= 4 is 17.6 Å². The van der Waals surface area contributed by atoms with Gasteiger partial charge in [0, 0.05) is 12.8 Å². The molecule has 0 saturated carbocycles. The first-order valence-electron chi connectivity index (χ1n) is 7.46. The predicted octanol–water partition coefficient (Wildman–Crippen LogP) is 1.76. The number of carbonyl (C=O) groups excluding carboxylic acids is 2. The minimum atomic E-state index is -0.911. The lowest BCUT2D eigenvalue weighted by Crippen LogP contribution is -2.45. The summed E-state index contributed by atoms with van der Waals surface area (Å²) in [5, 5.41) is 2.59. The minimum Gasteiger partial charge on any atom is -0.459 e. The molecule has 0 aliphatic carbocycles. The number of hydrogen-bond donors (Lipinski definition) is 2. The molecule has 6 heteroatoms. The zero-order chi connectivity index (χ0) is 17.4. The smallest absolute Gasteiger partial charge is 0.331 e. The molecule has 24 heavy (non-hydrogen) atoms. The van der Waals surface area contributed by atoms with E-state index in [0.29, 0.717) is 11.3 Å². The standard InChI is InChI=1S/C18H20N2O4/c1-23-12-16(18(22)24-11-13-7-3-2-4-8-13)20-17(21)14-9-5-6-10-15(14)19/h2-10,16H,11-12,19H2,1H3,(H,20,21)/t16-/m1/s1. The Bertz CT molecular complexity index is 688. The molecule has 2 aromatic rings. The van der Waals surface area contributed by atoms with Gasteiger partial charge in [-0.1, -0.05) is 42.5 Å². The van der Waals surface area contributed by atoms with Crippen LogP contribution in [-0.2, 0) is 20.9 Å². The summed E-state index contributed by atoms with van der Waals surface area (Å²) in [7, 11) is 1.44. The first-order valence-corrected chi connectivity index (χ1v) is 7.46. The molecule has 0 aliphatic heterocycles. The molecule has 3 N–H and O–H groups in total. The van der Waals surface area contributed by atoms with Gasteiger partial charge in [-0.15, -0.1) is 0 Å². The summed E-state index contributed by atoms with van der Waals surface area (Å²) in [6, 6.07) is 15.0. The van der Waals surface area contributed by atoms with Crippen LogP contribution >= 0.6 is 0 Å². The van der Waals surface area contributed by atoms with Gasteiger partial charge in [0.15, 0.2) is 6.04 Å². The third-order valence-electron chi connectivity index (χ3n) is 3.35. The summed E-state index contributed by atoms with van der Waals surface area (Å²) in [6.07, 6.45) is 0. The van der Waals surface area contributed by atoms with Gasteiger partial charge in [0.25, 0.3) is 5.91 Å². The molecule has 0 spiro atoms. The Morgan fingerprint density at radius 1 is 1.08 bits per heavy atom. The highest BCUT2D eigenvalue weighted by atomic mass is 16.5.